The van der Waals surface area contributed by atoms with Crippen molar-refractivity contribution in [2.75, 3.05) is 25.3 Å². The summed E-state index contributed by atoms with van der Waals surface area (Å²) in [5, 5.41) is 0. The predicted molar refractivity (Wildman–Crippen MR) is 70.5 cm³/mol. The Balaban J connectivity index is 2.05. The molecule has 1 heterocycles. The topological polar surface area (TPSA) is 38.8 Å². The molecule has 0 saturated heterocycles. The summed E-state index contributed by atoms with van der Waals surface area (Å²) in [4.78, 5) is 13.1. The van der Waals surface area contributed by atoms with E-state index >= 15 is 0 Å². The number of benzene rings is 1. The number of ether oxygens (including phenoxy) is 2. The third kappa shape index (κ3) is 2.75. The van der Waals surface area contributed by atoms with Crippen LogP contribution >= 0.6 is 0 Å². The molecule has 0 bridgehead atoms. The van der Waals surface area contributed by atoms with Gasteiger partial charge in [-0.2, -0.15) is 0 Å². The Hall–Kier alpha value is -1.71. The molecule has 0 fully saturated rings. The van der Waals surface area contributed by atoms with Crippen LogP contribution in [-0.4, -0.2) is 26.2 Å². The molecule has 98 valence electrons. The number of carbonyl (C=O) groups is 1. The largest absolute Gasteiger partial charge is 0.454 e. The van der Waals surface area contributed by atoms with Crippen molar-refractivity contribution in [2.24, 2.45) is 0 Å². The lowest BCUT2D eigenvalue weighted by Gasteiger charge is -2.21. The SMILES string of the molecule is CC(=O)CCCN(C)c1cc2c(cc1C)OCO2. The highest BCUT2D eigenvalue weighted by atomic mass is 16.7. The van der Waals surface area contributed by atoms with Crippen molar-refractivity contribution in [3.8, 4) is 11.5 Å². The quantitative estimate of drug-likeness (QED) is 0.803. The lowest BCUT2D eigenvalue weighted by Crippen LogP contribution is -2.20. The van der Waals surface area contributed by atoms with Gasteiger partial charge in [0.1, 0.15) is 5.78 Å². The van der Waals surface area contributed by atoms with E-state index in [4.69, 9.17) is 9.47 Å². The van der Waals surface area contributed by atoms with Gasteiger partial charge in [0, 0.05) is 31.8 Å². The first-order valence-corrected chi connectivity index (χ1v) is 6.19. The van der Waals surface area contributed by atoms with E-state index in [0.29, 0.717) is 13.2 Å². The minimum Gasteiger partial charge on any atom is -0.454 e. The third-order valence-corrected chi connectivity index (χ3v) is 3.12. The van der Waals surface area contributed by atoms with Crippen molar-refractivity contribution < 1.29 is 14.3 Å². The van der Waals surface area contributed by atoms with Gasteiger partial charge in [0.05, 0.1) is 0 Å². The molecule has 2 rings (SSSR count). The summed E-state index contributed by atoms with van der Waals surface area (Å²) < 4.78 is 10.7. The number of hydrogen-bond donors (Lipinski definition) is 0. The van der Waals surface area contributed by atoms with Gasteiger partial charge >= 0.3 is 0 Å². The van der Waals surface area contributed by atoms with Gasteiger partial charge in [0.2, 0.25) is 6.79 Å². The first-order valence-electron chi connectivity index (χ1n) is 6.19. The molecule has 1 aliphatic rings. The molecule has 0 saturated carbocycles. The predicted octanol–water partition coefficient (Wildman–Crippen LogP) is 2.53. The molecule has 0 amide bonds. The molecule has 0 spiro atoms. The third-order valence-electron chi connectivity index (χ3n) is 3.12. The summed E-state index contributed by atoms with van der Waals surface area (Å²) in [5.74, 6) is 1.85. The fourth-order valence-electron chi connectivity index (χ4n) is 2.13. The second kappa shape index (κ2) is 5.29. The summed E-state index contributed by atoms with van der Waals surface area (Å²) >= 11 is 0. The molecule has 4 nitrogen and oxygen atoms in total. The molecule has 1 aliphatic heterocycles. The molecule has 0 atom stereocenters. The molecule has 0 aromatic heterocycles. The fourth-order valence-corrected chi connectivity index (χ4v) is 2.13. The number of carbonyl (C=O) groups excluding carboxylic acids is 1. The zero-order valence-corrected chi connectivity index (χ0v) is 11.2. The van der Waals surface area contributed by atoms with E-state index < -0.39 is 0 Å². The van der Waals surface area contributed by atoms with Crippen LogP contribution in [0.2, 0.25) is 0 Å². The summed E-state index contributed by atoms with van der Waals surface area (Å²) in [6, 6.07) is 4.00. The summed E-state index contributed by atoms with van der Waals surface area (Å²) in [6.45, 7) is 4.84. The molecular weight excluding hydrogens is 230 g/mol. The van der Waals surface area contributed by atoms with Crippen molar-refractivity contribution >= 4 is 11.5 Å². The van der Waals surface area contributed by atoms with E-state index in [0.717, 1.165) is 35.7 Å². The van der Waals surface area contributed by atoms with E-state index in [2.05, 4.69) is 11.8 Å². The lowest BCUT2D eigenvalue weighted by molar-refractivity contribution is -0.117. The average molecular weight is 249 g/mol. The highest BCUT2D eigenvalue weighted by molar-refractivity contribution is 5.75. The first-order chi connectivity index (χ1) is 8.58. The average Bonchev–Trinajstić information content (AvgIpc) is 2.74. The second-order valence-corrected chi connectivity index (χ2v) is 4.72. The van der Waals surface area contributed by atoms with Crippen LogP contribution < -0.4 is 14.4 Å². The van der Waals surface area contributed by atoms with Crippen LogP contribution in [0.15, 0.2) is 12.1 Å². The van der Waals surface area contributed by atoms with Crippen LogP contribution in [0.4, 0.5) is 5.69 Å². The molecule has 0 N–H and O–H groups in total. The maximum absolute atomic E-state index is 10.9. The highest BCUT2D eigenvalue weighted by Crippen LogP contribution is 2.37. The Bertz CT molecular complexity index is 457. The minimum atomic E-state index is 0.241. The number of ketones is 1. The fraction of sp³-hybridized carbons (Fsp3) is 0.500. The Morgan fingerprint density at radius 3 is 2.67 bits per heavy atom. The van der Waals surface area contributed by atoms with Crippen molar-refractivity contribution in [1.82, 2.24) is 0 Å². The number of anilines is 1. The number of nitrogens with zero attached hydrogens (tertiary/aromatic N) is 1. The monoisotopic (exact) mass is 249 g/mol. The zero-order valence-electron chi connectivity index (χ0n) is 11.2. The van der Waals surface area contributed by atoms with Crippen LogP contribution in [0.1, 0.15) is 25.3 Å². The van der Waals surface area contributed by atoms with Gasteiger partial charge in [0.25, 0.3) is 0 Å². The lowest BCUT2D eigenvalue weighted by atomic mass is 10.1. The van der Waals surface area contributed by atoms with Crippen molar-refractivity contribution in [3.63, 3.8) is 0 Å². The Labute approximate surface area is 107 Å². The smallest absolute Gasteiger partial charge is 0.231 e. The molecule has 1 aromatic rings. The maximum Gasteiger partial charge on any atom is 0.231 e. The van der Waals surface area contributed by atoms with Crippen LogP contribution in [-0.2, 0) is 4.79 Å². The van der Waals surface area contributed by atoms with E-state index in [1.165, 1.54) is 0 Å². The van der Waals surface area contributed by atoms with Gasteiger partial charge in [-0.25, -0.2) is 0 Å². The normalized spacial score (nSPS) is 12.6. The van der Waals surface area contributed by atoms with Crippen molar-refractivity contribution in [1.29, 1.82) is 0 Å². The second-order valence-electron chi connectivity index (χ2n) is 4.72. The van der Waals surface area contributed by atoms with Crippen LogP contribution in [0.5, 0.6) is 11.5 Å². The van der Waals surface area contributed by atoms with Crippen LogP contribution in [0.25, 0.3) is 0 Å². The molecule has 18 heavy (non-hydrogen) atoms. The molecule has 0 radical (unpaired) electrons. The Morgan fingerprint density at radius 2 is 2.00 bits per heavy atom. The van der Waals surface area contributed by atoms with Gasteiger partial charge in [-0.3, -0.25) is 0 Å². The molecule has 0 unspecified atom stereocenters. The first kappa shape index (κ1) is 12.7. The molecule has 0 aliphatic carbocycles. The molecule has 1 aromatic carbocycles. The minimum absolute atomic E-state index is 0.241. The van der Waals surface area contributed by atoms with Crippen molar-refractivity contribution in [3.05, 3.63) is 17.7 Å². The van der Waals surface area contributed by atoms with Crippen LogP contribution in [0.3, 0.4) is 0 Å². The van der Waals surface area contributed by atoms with Gasteiger partial charge in [-0.15, -0.1) is 0 Å². The number of fused-ring (bicyclic) bond motifs is 1. The maximum atomic E-state index is 10.9. The van der Waals surface area contributed by atoms with Gasteiger partial charge in [0.15, 0.2) is 11.5 Å². The van der Waals surface area contributed by atoms with E-state index in [-0.39, 0.29) is 5.78 Å². The zero-order chi connectivity index (χ0) is 13.1. The Kier molecular flexibility index (Phi) is 3.75. The standard InChI is InChI=1S/C14H19NO3/c1-10-7-13-14(18-9-17-13)8-12(10)15(3)6-4-5-11(2)16/h7-8H,4-6,9H2,1-3H3. The number of rotatable bonds is 5. The van der Waals surface area contributed by atoms with E-state index in [1.54, 1.807) is 6.92 Å². The summed E-state index contributed by atoms with van der Waals surface area (Å²) in [7, 11) is 2.03. The van der Waals surface area contributed by atoms with Gasteiger partial charge in [-0.1, -0.05) is 0 Å². The van der Waals surface area contributed by atoms with E-state index in [1.807, 2.05) is 19.2 Å². The van der Waals surface area contributed by atoms with Crippen LogP contribution in [0, 0.1) is 6.92 Å². The number of Topliss-reactive ketones (excluding diaryl/α,β-unsaturated/α-hetero) is 1. The van der Waals surface area contributed by atoms with Gasteiger partial charge < -0.3 is 19.2 Å². The van der Waals surface area contributed by atoms with Crippen molar-refractivity contribution in [2.45, 2.75) is 26.7 Å². The summed E-state index contributed by atoms with van der Waals surface area (Å²) in [6.07, 6.45) is 1.51. The molecular formula is C14H19NO3. The van der Waals surface area contributed by atoms with Gasteiger partial charge in [-0.05, 0) is 31.9 Å². The number of hydrogen-bond acceptors (Lipinski definition) is 4. The Morgan fingerprint density at radius 1 is 1.33 bits per heavy atom. The van der Waals surface area contributed by atoms with E-state index in [9.17, 15) is 4.79 Å². The molecule has 4 heteroatoms. The summed E-state index contributed by atoms with van der Waals surface area (Å²) in [5.41, 5.74) is 2.28. The highest BCUT2D eigenvalue weighted by Gasteiger charge is 2.17. The number of aryl methyl sites for hydroxylation is 1.